The molecule has 1 unspecified atom stereocenters. The Hall–Kier alpha value is -1.58. The Labute approximate surface area is 128 Å². The van der Waals surface area contributed by atoms with E-state index < -0.39 is 11.9 Å². The largest absolute Gasteiger partial charge is 0.463 e. The highest BCUT2D eigenvalue weighted by molar-refractivity contribution is 5.91. The van der Waals surface area contributed by atoms with Crippen LogP contribution in [-0.4, -0.2) is 24.6 Å². The van der Waals surface area contributed by atoms with Crippen LogP contribution < -0.4 is 0 Å². The van der Waals surface area contributed by atoms with Crippen LogP contribution in [0.15, 0.2) is 24.8 Å². The highest BCUT2D eigenvalue weighted by atomic mass is 16.5. The van der Waals surface area contributed by atoms with Gasteiger partial charge in [0.1, 0.15) is 6.10 Å². The van der Waals surface area contributed by atoms with Crippen LogP contribution in [0.2, 0.25) is 0 Å². The van der Waals surface area contributed by atoms with Crippen molar-refractivity contribution >= 4 is 11.9 Å². The van der Waals surface area contributed by atoms with E-state index in [-0.39, 0.29) is 6.10 Å². The van der Waals surface area contributed by atoms with Gasteiger partial charge in [0.2, 0.25) is 0 Å². The summed E-state index contributed by atoms with van der Waals surface area (Å²) >= 11 is 0. The first-order valence-corrected chi connectivity index (χ1v) is 7.76. The molecule has 4 nitrogen and oxygen atoms in total. The van der Waals surface area contributed by atoms with Gasteiger partial charge in [0.05, 0.1) is 6.61 Å². The molecule has 0 rings (SSSR count). The summed E-state index contributed by atoms with van der Waals surface area (Å²) in [5.74, 6) is -1.04. The van der Waals surface area contributed by atoms with E-state index >= 15 is 0 Å². The lowest BCUT2D eigenvalue weighted by Crippen LogP contribution is -2.12. The summed E-state index contributed by atoms with van der Waals surface area (Å²) in [6.45, 7) is 7.91. The average molecular weight is 296 g/mol. The number of carbonyl (C=O) groups is 2. The molecule has 0 aliphatic rings. The number of rotatable bonds is 12. The molecule has 0 radical (unpaired) electrons. The Morgan fingerprint density at radius 2 is 1.67 bits per heavy atom. The van der Waals surface area contributed by atoms with E-state index in [1.807, 2.05) is 0 Å². The van der Waals surface area contributed by atoms with Gasteiger partial charge < -0.3 is 9.47 Å². The molecule has 0 aliphatic carbocycles. The third kappa shape index (κ3) is 13.2. The fourth-order valence-electron chi connectivity index (χ4n) is 1.76. The smallest absolute Gasteiger partial charge is 0.331 e. The topological polar surface area (TPSA) is 52.6 Å². The van der Waals surface area contributed by atoms with Crippen molar-refractivity contribution in [1.29, 1.82) is 0 Å². The van der Waals surface area contributed by atoms with Gasteiger partial charge in [-0.1, -0.05) is 45.1 Å². The molecular weight excluding hydrogens is 268 g/mol. The van der Waals surface area contributed by atoms with E-state index in [4.69, 9.17) is 9.47 Å². The third-order valence-electron chi connectivity index (χ3n) is 2.91. The second kappa shape index (κ2) is 13.4. The summed E-state index contributed by atoms with van der Waals surface area (Å²) in [6, 6.07) is 0. The Kier molecular flexibility index (Phi) is 12.4. The van der Waals surface area contributed by atoms with Crippen LogP contribution in [0.4, 0.5) is 0 Å². The zero-order valence-corrected chi connectivity index (χ0v) is 13.3. The number of esters is 2. The van der Waals surface area contributed by atoms with Crippen molar-refractivity contribution in [2.45, 2.75) is 64.9 Å². The summed E-state index contributed by atoms with van der Waals surface area (Å²) in [7, 11) is 0. The predicted octanol–water partition coefficient (Wildman–Crippen LogP) is 3.95. The standard InChI is InChI=1S/C17H28O4/c1-4-6-7-8-9-10-14-20-16(18)12-13-17(19)21-15(3)11-5-2/h5,12-13,15H,2,4,6-11,14H2,1,3H3/b13-12+. The van der Waals surface area contributed by atoms with Crippen molar-refractivity contribution in [2.75, 3.05) is 6.61 Å². The lowest BCUT2D eigenvalue weighted by Gasteiger charge is -2.08. The third-order valence-corrected chi connectivity index (χ3v) is 2.91. The number of carbonyl (C=O) groups excluding carboxylic acids is 2. The Bertz CT molecular complexity index is 334. The van der Waals surface area contributed by atoms with Gasteiger partial charge in [-0.25, -0.2) is 9.59 Å². The molecule has 0 amide bonds. The van der Waals surface area contributed by atoms with Gasteiger partial charge in [-0.05, 0) is 13.3 Å². The van der Waals surface area contributed by atoms with Gasteiger partial charge in [0, 0.05) is 18.6 Å². The van der Waals surface area contributed by atoms with E-state index in [0.717, 1.165) is 25.0 Å². The van der Waals surface area contributed by atoms with Crippen molar-refractivity contribution in [3.05, 3.63) is 24.8 Å². The zero-order valence-electron chi connectivity index (χ0n) is 13.3. The first-order valence-electron chi connectivity index (χ1n) is 7.76. The van der Waals surface area contributed by atoms with Crippen molar-refractivity contribution in [3.8, 4) is 0 Å². The van der Waals surface area contributed by atoms with E-state index in [2.05, 4.69) is 13.5 Å². The summed E-state index contributed by atoms with van der Waals surface area (Å²) < 4.78 is 10.0. The molecule has 0 heterocycles. The van der Waals surface area contributed by atoms with Crippen LogP contribution in [0.1, 0.15) is 58.8 Å². The van der Waals surface area contributed by atoms with E-state index in [0.29, 0.717) is 13.0 Å². The van der Waals surface area contributed by atoms with Crippen LogP contribution in [0.3, 0.4) is 0 Å². The molecule has 0 aromatic carbocycles. The summed E-state index contributed by atoms with van der Waals surface area (Å²) in [5.41, 5.74) is 0. The molecule has 4 heteroatoms. The number of ether oxygens (including phenoxy) is 2. The molecule has 0 saturated heterocycles. The monoisotopic (exact) mass is 296 g/mol. The maximum Gasteiger partial charge on any atom is 0.331 e. The maximum absolute atomic E-state index is 11.4. The first-order chi connectivity index (χ1) is 10.1. The van der Waals surface area contributed by atoms with Gasteiger partial charge in [0.15, 0.2) is 0 Å². The van der Waals surface area contributed by atoms with E-state index in [1.54, 1.807) is 13.0 Å². The highest BCUT2D eigenvalue weighted by Gasteiger charge is 2.05. The fourth-order valence-corrected chi connectivity index (χ4v) is 1.76. The van der Waals surface area contributed by atoms with Crippen LogP contribution in [0.5, 0.6) is 0 Å². The Morgan fingerprint density at radius 1 is 1.05 bits per heavy atom. The maximum atomic E-state index is 11.4. The molecule has 21 heavy (non-hydrogen) atoms. The van der Waals surface area contributed by atoms with Crippen LogP contribution in [0, 0.1) is 0 Å². The molecule has 0 N–H and O–H groups in total. The number of hydrogen-bond acceptors (Lipinski definition) is 4. The molecule has 0 fully saturated rings. The predicted molar refractivity (Wildman–Crippen MR) is 83.8 cm³/mol. The minimum atomic E-state index is -0.541. The summed E-state index contributed by atoms with van der Waals surface area (Å²) in [6.07, 6.45) is 11.1. The molecule has 0 spiro atoms. The van der Waals surface area contributed by atoms with Gasteiger partial charge in [-0.2, -0.15) is 0 Å². The van der Waals surface area contributed by atoms with Crippen molar-refractivity contribution < 1.29 is 19.1 Å². The van der Waals surface area contributed by atoms with Crippen molar-refractivity contribution in [3.63, 3.8) is 0 Å². The van der Waals surface area contributed by atoms with Gasteiger partial charge >= 0.3 is 11.9 Å². The van der Waals surface area contributed by atoms with Gasteiger partial charge in [-0.15, -0.1) is 6.58 Å². The lowest BCUT2D eigenvalue weighted by molar-refractivity contribution is -0.143. The molecule has 0 saturated carbocycles. The minimum Gasteiger partial charge on any atom is -0.463 e. The second-order valence-corrected chi connectivity index (χ2v) is 5.04. The van der Waals surface area contributed by atoms with E-state index in [1.165, 1.54) is 25.7 Å². The van der Waals surface area contributed by atoms with Gasteiger partial charge in [0.25, 0.3) is 0 Å². The first kappa shape index (κ1) is 19.4. The van der Waals surface area contributed by atoms with Crippen LogP contribution in [0.25, 0.3) is 0 Å². The van der Waals surface area contributed by atoms with Crippen molar-refractivity contribution in [2.24, 2.45) is 0 Å². The normalized spacial score (nSPS) is 12.1. The highest BCUT2D eigenvalue weighted by Crippen LogP contribution is 2.05. The SMILES string of the molecule is C=CCC(C)OC(=O)/C=C/C(=O)OCCCCCCCC. The van der Waals surface area contributed by atoms with Crippen LogP contribution >= 0.6 is 0 Å². The molecule has 0 bridgehead atoms. The minimum absolute atomic E-state index is 0.237. The number of unbranched alkanes of at least 4 members (excludes halogenated alkanes) is 5. The molecule has 1 atom stereocenters. The molecule has 0 aromatic heterocycles. The molecule has 120 valence electrons. The molecule has 0 aliphatic heterocycles. The lowest BCUT2D eigenvalue weighted by atomic mass is 10.1. The quantitative estimate of drug-likeness (QED) is 0.237. The summed E-state index contributed by atoms with van der Waals surface area (Å²) in [4.78, 5) is 22.7. The molecule has 0 aromatic rings. The van der Waals surface area contributed by atoms with Gasteiger partial charge in [-0.3, -0.25) is 0 Å². The van der Waals surface area contributed by atoms with E-state index in [9.17, 15) is 9.59 Å². The summed E-state index contributed by atoms with van der Waals surface area (Å²) in [5, 5.41) is 0. The Balaban J connectivity index is 3.66. The number of hydrogen-bond donors (Lipinski definition) is 0. The van der Waals surface area contributed by atoms with Crippen LogP contribution in [-0.2, 0) is 19.1 Å². The zero-order chi connectivity index (χ0) is 15.9. The second-order valence-electron chi connectivity index (χ2n) is 5.04. The van der Waals surface area contributed by atoms with Crippen molar-refractivity contribution in [1.82, 2.24) is 0 Å². The fraction of sp³-hybridized carbons (Fsp3) is 0.647. The molecular formula is C17H28O4. The average Bonchev–Trinajstić information content (AvgIpc) is 2.44. The Morgan fingerprint density at radius 3 is 2.33 bits per heavy atom.